The first-order chi connectivity index (χ1) is 16.4. The Labute approximate surface area is 202 Å². The summed E-state index contributed by atoms with van der Waals surface area (Å²) in [5.41, 5.74) is 5.72. The van der Waals surface area contributed by atoms with Gasteiger partial charge in [-0.3, -0.25) is 9.59 Å². The van der Waals surface area contributed by atoms with Crippen molar-refractivity contribution in [2.24, 2.45) is 5.92 Å². The average Bonchev–Trinajstić information content (AvgIpc) is 3.53. The van der Waals surface area contributed by atoms with Crippen LogP contribution in [0.5, 0.6) is 0 Å². The Morgan fingerprint density at radius 1 is 1.09 bits per heavy atom. The molecule has 4 aromatic rings. The van der Waals surface area contributed by atoms with Crippen LogP contribution in [0.1, 0.15) is 23.2 Å². The fourth-order valence-corrected chi connectivity index (χ4v) is 4.96. The molecule has 8 heteroatoms. The fraction of sp³-hybridized carbons (Fsp3) is 0.231. The number of benzene rings is 2. The lowest BCUT2D eigenvalue weighted by atomic mass is 10.1. The van der Waals surface area contributed by atoms with Gasteiger partial charge in [-0.2, -0.15) is 9.78 Å². The first kappa shape index (κ1) is 22.0. The van der Waals surface area contributed by atoms with E-state index in [1.165, 1.54) is 16.9 Å². The van der Waals surface area contributed by atoms with Crippen LogP contribution >= 0.6 is 11.3 Å². The van der Waals surface area contributed by atoms with Crippen LogP contribution in [-0.4, -0.2) is 33.1 Å². The second-order valence-electron chi connectivity index (χ2n) is 8.65. The molecule has 0 spiro atoms. The van der Waals surface area contributed by atoms with Gasteiger partial charge in [0.2, 0.25) is 16.9 Å². The van der Waals surface area contributed by atoms with Crippen molar-refractivity contribution in [3.05, 3.63) is 76.8 Å². The summed E-state index contributed by atoms with van der Waals surface area (Å²) in [5.74, 6) is -0.119. The van der Waals surface area contributed by atoms with Crippen LogP contribution in [-0.2, 0) is 9.59 Å². The fourth-order valence-electron chi connectivity index (χ4n) is 4.16. The Morgan fingerprint density at radius 2 is 1.85 bits per heavy atom. The lowest BCUT2D eigenvalue weighted by Gasteiger charge is -2.19. The largest absolute Gasteiger partial charge is 0.311 e. The Kier molecular flexibility index (Phi) is 5.75. The first-order valence-electron chi connectivity index (χ1n) is 11.2. The van der Waals surface area contributed by atoms with Crippen LogP contribution < -0.4 is 10.2 Å². The highest BCUT2D eigenvalue weighted by Crippen LogP contribution is 2.30. The highest BCUT2D eigenvalue weighted by Gasteiger charge is 2.36. The molecule has 1 aliphatic heterocycles. The molecule has 0 radical (unpaired) electrons. The third-order valence-corrected chi connectivity index (χ3v) is 6.82. The van der Waals surface area contributed by atoms with Crippen LogP contribution in [0, 0.1) is 26.7 Å². The molecule has 1 fully saturated rings. The lowest BCUT2D eigenvalue weighted by molar-refractivity contribution is -0.122. The highest BCUT2D eigenvalue weighted by molar-refractivity contribution is 7.12. The molecule has 34 heavy (non-hydrogen) atoms. The molecule has 172 valence electrons. The summed E-state index contributed by atoms with van der Waals surface area (Å²) in [6.45, 7) is 6.25. The zero-order valence-electron chi connectivity index (χ0n) is 19.3. The van der Waals surface area contributed by atoms with Crippen molar-refractivity contribution >= 4 is 34.7 Å². The summed E-state index contributed by atoms with van der Waals surface area (Å²) in [5, 5.41) is 10.2. The van der Waals surface area contributed by atoms with Crippen LogP contribution in [0.15, 0.2) is 60.0 Å². The van der Waals surface area contributed by atoms with Crippen molar-refractivity contribution in [3.63, 3.8) is 0 Å². The van der Waals surface area contributed by atoms with E-state index in [2.05, 4.69) is 29.5 Å². The molecule has 0 saturated carbocycles. The van der Waals surface area contributed by atoms with E-state index < -0.39 is 5.92 Å². The van der Waals surface area contributed by atoms with Gasteiger partial charge >= 0.3 is 0 Å². The maximum Gasteiger partial charge on any atom is 0.230 e. The van der Waals surface area contributed by atoms with Gasteiger partial charge in [0.15, 0.2) is 0 Å². The Balaban J connectivity index is 1.35. The summed E-state index contributed by atoms with van der Waals surface area (Å²) in [7, 11) is 0. The molecule has 3 heterocycles. The number of thiazole rings is 1. The van der Waals surface area contributed by atoms with Gasteiger partial charge in [0.05, 0.1) is 17.3 Å². The minimum absolute atomic E-state index is 0.0400. The van der Waals surface area contributed by atoms with Crippen LogP contribution in [0.4, 0.5) is 11.5 Å². The minimum atomic E-state index is -0.435. The standard InChI is InChI=1S/C26H25N5O2S/c1-16-8-10-19(11-9-16)21-15-34-26(27-21)31-23(12-18(3)29-31)28-25(33)20-13-24(32)30(14-20)22-7-5-4-6-17(22)2/h4-12,15,20H,13-14H2,1-3H3,(H,28,33)/t20-/m0/s1. The second kappa shape index (κ2) is 8.87. The molecular weight excluding hydrogens is 446 g/mol. The van der Waals surface area contributed by atoms with Gasteiger partial charge in [-0.15, -0.1) is 11.3 Å². The predicted octanol–water partition coefficient (Wildman–Crippen LogP) is 4.91. The summed E-state index contributed by atoms with van der Waals surface area (Å²) in [6, 6.07) is 17.8. The first-order valence-corrected chi connectivity index (χ1v) is 12.0. The van der Waals surface area contributed by atoms with Crippen molar-refractivity contribution < 1.29 is 9.59 Å². The molecule has 1 aliphatic rings. The molecule has 1 N–H and O–H groups in total. The predicted molar refractivity (Wildman–Crippen MR) is 134 cm³/mol. The smallest absolute Gasteiger partial charge is 0.230 e. The molecule has 2 aromatic heterocycles. The number of hydrogen-bond donors (Lipinski definition) is 1. The summed E-state index contributed by atoms with van der Waals surface area (Å²) >= 11 is 1.46. The molecule has 1 saturated heterocycles. The number of aromatic nitrogens is 3. The Bertz CT molecular complexity index is 1370. The monoisotopic (exact) mass is 471 g/mol. The number of para-hydroxylation sites is 1. The van der Waals surface area contributed by atoms with Crippen molar-refractivity contribution in [1.82, 2.24) is 14.8 Å². The quantitative estimate of drug-likeness (QED) is 0.448. The van der Waals surface area contributed by atoms with Crippen LogP contribution in [0.25, 0.3) is 16.4 Å². The molecule has 7 nitrogen and oxygen atoms in total. The topological polar surface area (TPSA) is 80.1 Å². The van der Waals surface area contributed by atoms with Crippen LogP contribution in [0.2, 0.25) is 0 Å². The number of nitrogens with one attached hydrogen (secondary N) is 1. The normalized spacial score (nSPS) is 15.7. The van der Waals surface area contributed by atoms with E-state index in [1.807, 2.05) is 61.7 Å². The van der Waals surface area contributed by atoms with Gasteiger partial charge in [-0.1, -0.05) is 48.0 Å². The summed E-state index contributed by atoms with van der Waals surface area (Å²) in [4.78, 5) is 32.2. The van der Waals surface area contributed by atoms with E-state index in [9.17, 15) is 9.59 Å². The zero-order valence-corrected chi connectivity index (χ0v) is 20.1. The van der Waals surface area contributed by atoms with E-state index in [-0.39, 0.29) is 18.2 Å². The van der Waals surface area contributed by atoms with E-state index in [1.54, 1.807) is 9.58 Å². The van der Waals surface area contributed by atoms with Crippen molar-refractivity contribution in [2.45, 2.75) is 27.2 Å². The summed E-state index contributed by atoms with van der Waals surface area (Å²) < 4.78 is 1.66. The average molecular weight is 472 g/mol. The molecule has 0 bridgehead atoms. The van der Waals surface area contributed by atoms with Gasteiger partial charge in [0, 0.05) is 35.7 Å². The molecule has 2 aromatic carbocycles. The number of rotatable bonds is 5. The van der Waals surface area contributed by atoms with Gasteiger partial charge in [0.25, 0.3) is 0 Å². The maximum absolute atomic E-state index is 13.1. The molecular formula is C26H25N5O2S. The number of anilines is 2. The Morgan fingerprint density at radius 3 is 2.62 bits per heavy atom. The van der Waals surface area contributed by atoms with Crippen molar-refractivity contribution in [2.75, 3.05) is 16.8 Å². The van der Waals surface area contributed by atoms with E-state index in [0.29, 0.717) is 17.5 Å². The molecule has 5 rings (SSSR count). The third-order valence-electron chi connectivity index (χ3n) is 6.01. The van der Waals surface area contributed by atoms with Gasteiger partial charge in [-0.25, -0.2) is 4.98 Å². The van der Waals surface area contributed by atoms with Crippen molar-refractivity contribution in [3.8, 4) is 16.4 Å². The number of nitrogens with zero attached hydrogens (tertiary/aromatic N) is 4. The number of amides is 2. The second-order valence-corrected chi connectivity index (χ2v) is 9.48. The molecule has 1 atom stereocenters. The lowest BCUT2D eigenvalue weighted by Crippen LogP contribution is -2.29. The van der Waals surface area contributed by atoms with E-state index >= 15 is 0 Å². The SMILES string of the molecule is Cc1ccc(-c2csc(-n3nc(C)cc3NC(=O)[C@H]3CC(=O)N(c4ccccc4C)C3)n2)cc1. The third kappa shape index (κ3) is 4.24. The highest BCUT2D eigenvalue weighted by atomic mass is 32.1. The number of aryl methyl sites for hydroxylation is 3. The van der Waals surface area contributed by atoms with Gasteiger partial charge < -0.3 is 10.2 Å². The van der Waals surface area contributed by atoms with E-state index in [4.69, 9.17) is 4.98 Å². The zero-order chi connectivity index (χ0) is 23.8. The minimum Gasteiger partial charge on any atom is -0.311 e. The van der Waals surface area contributed by atoms with E-state index in [0.717, 1.165) is 28.2 Å². The van der Waals surface area contributed by atoms with Crippen LogP contribution in [0.3, 0.4) is 0 Å². The van der Waals surface area contributed by atoms with Gasteiger partial charge in [0.1, 0.15) is 5.82 Å². The number of carbonyl (C=O) groups excluding carboxylic acids is 2. The molecule has 0 unspecified atom stereocenters. The Hall–Kier alpha value is -3.78. The number of carbonyl (C=O) groups is 2. The van der Waals surface area contributed by atoms with Gasteiger partial charge in [-0.05, 0) is 32.4 Å². The molecule has 0 aliphatic carbocycles. The maximum atomic E-state index is 13.1. The van der Waals surface area contributed by atoms with Crippen molar-refractivity contribution in [1.29, 1.82) is 0 Å². The summed E-state index contributed by atoms with van der Waals surface area (Å²) in [6.07, 6.45) is 0.183. The number of hydrogen-bond acceptors (Lipinski definition) is 5. The molecule has 2 amide bonds.